The van der Waals surface area contributed by atoms with Crippen molar-refractivity contribution >= 4 is 11.8 Å². The number of carbonyl (C=O) groups excluding carboxylic acids is 2. The van der Waals surface area contributed by atoms with Crippen molar-refractivity contribution in [3.05, 3.63) is 0 Å². The smallest absolute Gasteiger partial charge is 0.237 e. The van der Waals surface area contributed by atoms with Crippen LogP contribution in [0.5, 0.6) is 0 Å². The van der Waals surface area contributed by atoms with Crippen LogP contribution in [0, 0.1) is 0 Å². The highest BCUT2D eigenvalue weighted by molar-refractivity contribution is 5.85. The number of rotatable bonds is 7. The van der Waals surface area contributed by atoms with Gasteiger partial charge in [-0.25, -0.2) is 0 Å². The van der Waals surface area contributed by atoms with Crippen LogP contribution in [0.4, 0.5) is 0 Å². The molecule has 0 aliphatic rings. The minimum absolute atomic E-state index is 0.00609. The highest BCUT2D eigenvalue weighted by Gasteiger charge is 2.17. The lowest BCUT2D eigenvalue weighted by molar-refractivity contribution is -0.136. The maximum Gasteiger partial charge on any atom is 0.237 e. The third kappa shape index (κ3) is 6.06. The van der Waals surface area contributed by atoms with Crippen molar-refractivity contribution in [2.75, 3.05) is 19.6 Å². The number of carbonyl (C=O) groups is 2. The van der Waals surface area contributed by atoms with E-state index in [9.17, 15) is 9.59 Å². The lowest BCUT2D eigenvalue weighted by Gasteiger charge is -2.25. The maximum absolute atomic E-state index is 11.7. The second kappa shape index (κ2) is 7.23. The molecule has 0 bridgehead atoms. The van der Waals surface area contributed by atoms with E-state index in [0.717, 1.165) is 13.0 Å². The van der Waals surface area contributed by atoms with Gasteiger partial charge in [-0.15, -0.1) is 0 Å². The highest BCUT2D eigenvalue weighted by atomic mass is 16.2. The molecule has 0 radical (unpaired) electrons. The van der Waals surface area contributed by atoms with Crippen LogP contribution in [-0.2, 0) is 9.59 Å². The van der Waals surface area contributed by atoms with Gasteiger partial charge in [-0.3, -0.25) is 9.59 Å². The zero-order valence-corrected chi connectivity index (χ0v) is 9.75. The molecule has 0 aromatic carbocycles. The summed E-state index contributed by atoms with van der Waals surface area (Å²) >= 11 is 0. The number of nitrogens with one attached hydrogen (secondary N) is 1. The molecule has 0 aliphatic carbocycles. The fraction of sp³-hybridized carbons (Fsp3) is 0.800. The second-order valence-electron chi connectivity index (χ2n) is 3.76. The van der Waals surface area contributed by atoms with Crippen LogP contribution in [0.15, 0.2) is 0 Å². The lowest BCUT2D eigenvalue weighted by Crippen LogP contribution is -2.46. The Kier molecular flexibility index (Phi) is 6.70. The standard InChI is InChI=1S/C10H21N3O2/c1-4-5-12-6-10(15)13(8(2)3)7-9(11)14/h8,12H,4-7H2,1-3H3,(H2,11,14). The Labute approximate surface area is 91.0 Å². The minimum Gasteiger partial charge on any atom is -0.368 e. The summed E-state index contributed by atoms with van der Waals surface area (Å²) in [6, 6.07) is -0.00609. The summed E-state index contributed by atoms with van der Waals surface area (Å²) in [7, 11) is 0. The fourth-order valence-corrected chi connectivity index (χ4v) is 1.20. The Hall–Kier alpha value is -1.10. The Bertz CT molecular complexity index is 217. The molecule has 0 fully saturated rings. The molecule has 0 heterocycles. The highest BCUT2D eigenvalue weighted by Crippen LogP contribution is 1.97. The van der Waals surface area contributed by atoms with Gasteiger partial charge in [0, 0.05) is 6.04 Å². The van der Waals surface area contributed by atoms with Crippen molar-refractivity contribution in [2.45, 2.75) is 33.2 Å². The van der Waals surface area contributed by atoms with Gasteiger partial charge in [0.2, 0.25) is 11.8 Å². The molecule has 0 saturated carbocycles. The molecule has 0 spiro atoms. The van der Waals surface area contributed by atoms with Crippen LogP contribution in [0.2, 0.25) is 0 Å². The predicted octanol–water partition coefficient (Wildman–Crippen LogP) is -0.292. The molecule has 5 nitrogen and oxygen atoms in total. The quantitative estimate of drug-likeness (QED) is 0.573. The molecule has 0 saturated heterocycles. The minimum atomic E-state index is -0.479. The number of nitrogens with two attached hydrogens (primary N) is 1. The summed E-state index contributed by atoms with van der Waals surface area (Å²) in [6.45, 7) is 6.81. The van der Waals surface area contributed by atoms with Crippen LogP contribution in [0.3, 0.4) is 0 Å². The first kappa shape index (κ1) is 13.9. The largest absolute Gasteiger partial charge is 0.368 e. The monoisotopic (exact) mass is 215 g/mol. The van der Waals surface area contributed by atoms with Gasteiger partial charge in [0.15, 0.2) is 0 Å². The summed E-state index contributed by atoms with van der Waals surface area (Å²) in [5.74, 6) is -0.565. The van der Waals surface area contributed by atoms with Crippen molar-refractivity contribution < 1.29 is 9.59 Å². The normalized spacial score (nSPS) is 10.4. The van der Waals surface area contributed by atoms with Crippen molar-refractivity contribution in [3.63, 3.8) is 0 Å². The van der Waals surface area contributed by atoms with Crippen LogP contribution in [0.1, 0.15) is 27.2 Å². The fourth-order valence-electron chi connectivity index (χ4n) is 1.20. The Morgan fingerprint density at radius 3 is 2.40 bits per heavy atom. The van der Waals surface area contributed by atoms with Crippen LogP contribution >= 0.6 is 0 Å². The Morgan fingerprint density at radius 2 is 2.00 bits per heavy atom. The topological polar surface area (TPSA) is 75.4 Å². The van der Waals surface area contributed by atoms with Crippen LogP contribution < -0.4 is 11.1 Å². The number of amides is 2. The van der Waals surface area contributed by atoms with Gasteiger partial charge >= 0.3 is 0 Å². The van der Waals surface area contributed by atoms with Crippen molar-refractivity contribution in [3.8, 4) is 0 Å². The summed E-state index contributed by atoms with van der Waals surface area (Å²) < 4.78 is 0. The number of nitrogens with zero attached hydrogens (tertiary/aromatic N) is 1. The lowest BCUT2D eigenvalue weighted by atomic mass is 10.3. The molecule has 0 aromatic rings. The molecule has 5 heteroatoms. The number of primary amides is 1. The van der Waals surface area contributed by atoms with E-state index in [2.05, 4.69) is 5.32 Å². The van der Waals surface area contributed by atoms with Gasteiger partial charge < -0.3 is 16.0 Å². The summed E-state index contributed by atoms with van der Waals surface area (Å²) in [4.78, 5) is 23.9. The first-order valence-corrected chi connectivity index (χ1v) is 5.27. The van der Waals surface area contributed by atoms with E-state index in [1.165, 1.54) is 4.90 Å². The molecule has 2 amide bonds. The van der Waals surface area contributed by atoms with Gasteiger partial charge in [-0.1, -0.05) is 6.92 Å². The van der Waals surface area contributed by atoms with Crippen molar-refractivity contribution in [1.29, 1.82) is 0 Å². The maximum atomic E-state index is 11.7. The molecule has 0 unspecified atom stereocenters. The van der Waals surface area contributed by atoms with E-state index >= 15 is 0 Å². The number of hydrogen-bond donors (Lipinski definition) is 2. The summed E-state index contributed by atoms with van der Waals surface area (Å²) in [5, 5.41) is 3.00. The summed E-state index contributed by atoms with van der Waals surface area (Å²) in [6.07, 6.45) is 0.977. The zero-order valence-electron chi connectivity index (χ0n) is 9.75. The van der Waals surface area contributed by atoms with Gasteiger partial charge in [0.1, 0.15) is 0 Å². The SMILES string of the molecule is CCCNCC(=O)N(CC(N)=O)C(C)C. The molecule has 0 aliphatic heterocycles. The molecule has 0 rings (SSSR count). The van der Waals surface area contributed by atoms with E-state index in [0.29, 0.717) is 0 Å². The van der Waals surface area contributed by atoms with E-state index in [1.807, 2.05) is 20.8 Å². The van der Waals surface area contributed by atoms with Crippen molar-refractivity contribution in [2.24, 2.45) is 5.73 Å². The van der Waals surface area contributed by atoms with E-state index in [1.54, 1.807) is 0 Å². The average Bonchev–Trinajstić information content (AvgIpc) is 2.13. The zero-order chi connectivity index (χ0) is 11.8. The third-order valence-electron chi connectivity index (χ3n) is 1.97. The van der Waals surface area contributed by atoms with Gasteiger partial charge in [-0.2, -0.15) is 0 Å². The van der Waals surface area contributed by atoms with E-state index in [4.69, 9.17) is 5.73 Å². The molecule has 15 heavy (non-hydrogen) atoms. The second-order valence-corrected chi connectivity index (χ2v) is 3.76. The molecular formula is C10H21N3O2. The van der Waals surface area contributed by atoms with Crippen LogP contribution in [-0.4, -0.2) is 42.4 Å². The molecule has 88 valence electrons. The van der Waals surface area contributed by atoms with Gasteiger partial charge in [0.05, 0.1) is 13.1 Å². The van der Waals surface area contributed by atoms with Gasteiger partial charge in [-0.05, 0) is 26.8 Å². The molecular weight excluding hydrogens is 194 g/mol. The van der Waals surface area contributed by atoms with Crippen molar-refractivity contribution in [1.82, 2.24) is 10.2 Å². The number of hydrogen-bond acceptors (Lipinski definition) is 3. The average molecular weight is 215 g/mol. The first-order chi connectivity index (χ1) is 6.99. The predicted molar refractivity (Wildman–Crippen MR) is 59.2 cm³/mol. The first-order valence-electron chi connectivity index (χ1n) is 5.27. The summed E-state index contributed by atoms with van der Waals surface area (Å²) in [5.41, 5.74) is 5.07. The third-order valence-corrected chi connectivity index (χ3v) is 1.97. The molecule has 3 N–H and O–H groups in total. The Morgan fingerprint density at radius 1 is 1.40 bits per heavy atom. The van der Waals surface area contributed by atoms with Gasteiger partial charge in [0.25, 0.3) is 0 Å². The van der Waals surface area contributed by atoms with E-state index < -0.39 is 5.91 Å². The molecule has 0 atom stereocenters. The van der Waals surface area contributed by atoms with E-state index in [-0.39, 0.29) is 25.0 Å². The Balaban J connectivity index is 4.11. The molecule has 0 aromatic heterocycles. The van der Waals surface area contributed by atoms with Crippen LogP contribution in [0.25, 0.3) is 0 Å².